The molecule has 4 rings (SSSR count). The van der Waals surface area contributed by atoms with Gasteiger partial charge >= 0.3 is 6.01 Å². The van der Waals surface area contributed by atoms with Crippen LogP contribution < -0.4 is 5.32 Å². The molecule has 2 aromatic carbocycles. The van der Waals surface area contributed by atoms with Crippen LogP contribution in [0.25, 0.3) is 22.4 Å². The Labute approximate surface area is 153 Å². The molecule has 2 aromatic heterocycles. The molecule has 7 heteroatoms. The number of nitrogens with zero attached hydrogens (tertiary/aromatic N) is 3. The molecule has 6 nitrogen and oxygen atoms in total. The fraction of sp³-hybridized carbons (Fsp3) is 0.0526. The Kier molecular flexibility index (Phi) is 4.10. The van der Waals surface area contributed by atoms with E-state index in [1.54, 1.807) is 30.3 Å². The van der Waals surface area contributed by atoms with Gasteiger partial charge in [-0.05, 0) is 37.3 Å². The number of pyridine rings is 1. The molecule has 26 heavy (non-hydrogen) atoms. The first kappa shape index (κ1) is 16.2. The van der Waals surface area contributed by atoms with E-state index >= 15 is 0 Å². The minimum Gasteiger partial charge on any atom is -0.403 e. The predicted molar refractivity (Wildman–Crippen MR) is 99.2 cm³/mol. The Hall–Kier alpha value is -3.25. The largest absolute Gasteiger partial charge is 0.403 e. The van der Waals surface area contributed by atoms with Crippen LogP contribution in [0.3, 0.4) is 0 Å². The number of carbonyl (C=O) groups excluding carboxylic acids is 1. The molecule has 0 aliphatic carbocycles. The van der Waals surface area contributed by atoms with Gasteiger partial charge in [0.15, 0.2) is 0 Å². The van der Waals surface area contributed by atoms with Gasteiger partial charge in [0.25, 0.3) is 11.8 Å². The Bertz CT molecular complexity index is 1120. The number of aryl methyl sites for hydroxylation is 1. The van der Waals surface area contributed by atoms with Crippen molar-refractivity contribution in [2.24, 2.45) is 0 Å². The average molecular weight is 365 g/mol. The number of anilines is 1. The molecule has 0 radical (unpaired) electrons. The maximum atomic E-state index is 12.5. The number of hydrogen-bond acceptors (Lipinski definition) is 5. The summed E-state index contributed by atoms with van der Waals surface area (Å²) in [6.45, 7) is 1.90. The first-order valence-electron chi connectivity index (χ1n) is 7.87. The Balaban J connectivity index is 1.58. The Morgan fingerprint density at radius 1 is 1.08 bits per heavy atom. The number of hydrogen-bond donors (Lipinski definition) is 1. The number of rotatable bonds is 3. The summed E-state index contributed by atoms with van der Waals surface area (Å²) in [6, 6.07) is 16.3. The molecule has 0 saturated carbocycles. The summed E-state index contributed by atoms with van der Waals surface area (Å²) in [7, 11) is 0. The molecule has 2 heterocycles. The minimum absolute atomic E-state index is 0.00205. The van der Waals surface area contributed by atoms with Crippen LogP contribution in [0.1, 0.15) is 16.1 Å². The monoisotopic (exact) mass is 364 g/mol. The number of amides is 1. The SMILES string of the molecule is Cc1ccc2ccc(C(=O)Nc3nnc(-c4ccccc4Cl)o3)cc2n1. The van der Waals surface area contributed by atoms with Gasteiger partial charge in [-0.15, -0.1) is 5.10 Å². The van der Waals surface area contributed by atoms with Crippen LogP contribution >= 0.6 is 11.6 Å². The molecule has 0 unspecified atom stereocenters. The van der Waals surface area contributed by atoms with E-state index in [0.717, 1.165) is 16.6 Å². The maximum absolute atomic E-state index is 12.5. The average Bonchev–Trinajstić information content (AvgIpc) is 3.09. The van der Waals surface area contributed by atoms with Crippen molar-refractivity contribution >= 4 is 34.4 Å². The number of benzene rings is 2. The molecule has 0 bridgehead atoms. The van der Waals surface area contributed by atoms with Crippen LogP contribution in [-0.2, 0) is 0 Å². The molecule has 1 N–H and O–H groups in total. The Morgan fingerprint density at radius 2 is 1.88 bits per heavy atom. The molecule has 0 fully saturated rings. The van der Waals surface area contributed by atoms with Gasteiger partial charge in [-0.25, -0.2) is 0 Å². The van der Waals surface area contributed by atoms with Crippen LogP contribution in [0.2, 0.25) is 5.02 Å². The molecule has 0 aliphatic heterocycles. The van der Waals surface area contributed by atoms with Gasteiger partial charge in [-0.1, -0.05) is 41.0 Å². The lowest BCUT2D eigenvalue weighted by Gasteiger charge is -2.03. The first-order valence-corrected chi connectivity index (χ1v) is 8.25. The second kappa shape index (κ2) is 6.57. The van der Waals surface area contributed by atoms with Gasteiger partial charge in [-0.2, -0.15) is 0 Å². The normalized spacial score (nSPS) is 10.8. The van der Waals surface area contributed by atoms with Crippen LogP contribution in [-0.4, -0.2) is 21.1 Å². The van der Waals surface area contributed by atoms with Gasteiger partial charge in [0.05, 0.1) is 16.1 Å². The van der Waals surface area contributed by atoms with Crippen LogP contribution in [0.5, 0.6) is 0 Å². The van der Waals surface area contributed by atoms with Crippen molar-refractivity contribution in [3.05, 3.63) is 70.9 Å². The second-order valence-electron chi connectivity index (χ2n) is 5.71. The minimum atomic E-state index is -0.357. The predicted octanol–water partition coefficient (Wildman–Crippen LogP) is 4.50. The van der Waals surface area contributed by atoms with Gasteiger partial charge in [-0.3, -0.25) is 15.1 Å². The highest BCUT2D eigenvalue weighted by Gasteiger charge is 2.15. The second-order valence-corrected chi connectivity index (χ2v) is 6.11. The summed E-state index contributed by atoms with van der Waals surface area (Å²) in [4.78, 5) is 16.9. The molecule has 0 spiro atoms. The number of halogens is 1. The van der Waals surface area contributed by atoms with Crippen LogP contribution in [0.4, 0.5) is 6.01 Å². The molecule has 1 amide bonds. The van der Waals surface area contributed by atoms with E-state index in [-0.39, 0.29) is 17.8 Å². The lowest BCUT2D eigenvalue weighted by molar-refractivity contribution is 0.102. The van der Waals surface area contributed by atoms with Crippen molar-refractivity contribution in [2.75, 3.05) is 5.32 Å². The number of fused-ring (bicyclic) bond motifs is 1. The number of aromatic nitrogens is 3. The van der Waals surface area contributed by atoms with E-state index in [4.69, 9.17) is 16.0 Å². The first-order chi connectivity index (χ1) is 12.6. The summed E-state index contributed by atoms with van der Waals surface area (Å²) in [5.74, 6) is -0.119. The topological polar surface area (TPSA) is 80.9 Å². The van der Waals surface area contributed by atoms with E-state index in [0.29, 0.717) is 16.1 Å². The van der Waals surface area contributed by atoms with Crippen molar-refractivity contribution in [2.45, 2.75) is 6.92 Å². The summed E-state index contributed by atoms with van der Waals surface area (Å²) in [6.07, 6.45) is 0. The van der Waals surface area contributed by atoms with E-state index in [2.05, 4.69) is 20.5 Å². The summed E-state index contributed by atoms with van der Waals surface area (Å²) in [5, 5.41) is 11.8. The van der Waals surface area contributed by atoms with Crippen molar-refractivity contribution in [3.8, 4) is 11.5 Å². The van der Waals surface area contributed by atoms with Crippen molar-refractivity contribution < 1.29 is 9.21 Å². The zero-order valence-corrected chi connectivity index (χ0v) is 14.5. The zero-order valence-electron chi connectivity index (χ0n) is 13.7. The summed E-state index contributed by atoms with van der Waals surface area (Å²) < 4.78 is 5.50. The maximum Gasteiger partial charge on any atom is 0.322 e. The van der Waals surface area contributed by atoms with Crippen molar-refractivity contribution in [1.29, 1.82) is 0 Å². The fourth-order valence-electron chi connectivity index (χ4n) is 2.55. The van der Waals surface area contributed by atoms with Crippen LogP contribution in [0, 0.1) is 6.92 Å². The standard InChI is InChI=1S/C19H13ClN4O2/c1-11-6-7-12-8-9-13(10-16(12)21-11)17(25)22-19-24-23-18(26-19)14-4-2-3-5-15(14)20/h2-10H,1H3,(H,22,24,25). The van der Waals surface area contributed by atoms with E-state index in [1.807, 2.05) is 31.2 Å². The van der Waals surface area contributed by atoms with E-state index in [9.17, 15) is 4.79 Å². The third kappa shape index (κ3) is 3.14. The lowest BCUT2D eigenvalue weighted by atomic mass is 10.1. The quantitative estimate of drug-likeness (QED) is 0.579. The Morgan fingerprint density at radius 3 is 2.73 bits per heavy atom. The fourth-order valence-corrected chi connectivity index (χ4v) is 2.76. The molecular weight excluding hydrogens is 352 g/mol. The van der Waals surface area contributed by atoms with Gasteiger partial charge < -0.3 is 4.42 Å². The van der Waals surface area contributed by atoms with Gasteiger partial charge in [0.1, 0.15) is 0 Å². The molecule has 0 saturated heterocycles. The highest BCUT2D eigenvalue weighted by Crippen LogP contribution is 2.27. The molecule has 128 valence electrons. The smallest absolute Gasteiger partial charge is 0.322 e. The third-order valence-corrected chi connectivity index (χ3v) is 4.17. The zero-order chi connectivity index (χ0) is 18.1. The molecule has 0 aliphatic rings. The highest BCUT2D eigenvalue weighted by molar-refractivity contribution is 6.33. The van der Waals surface area contributed by atoms with E-state index in [1.165, 1.54) is 0 Å². The molecule has 4 aromatic rings. The summed E-state index contributed by atoms with van der Waals surface area (Å²) in [5.41, 5.74) is 2.69. The van der Waals surface area contributed by atoms with Gasteiger partial charge in [0, 0.05) is 16.6 Å². The third-order valence-electron chi connectivity index (χ3n) is 3.84. The van der Waals surface area contributed by atoms with Crippen LogP contribution in [0.15, 0.2) is 59.0 Å². The van der Waals surface area contributed by atoms with Crippen molar-refractivity contribution in [3.63, 3.8) is 0 Å². The lowest BCUT2D eigenvalue weighted by Crippen LogP contribution is -2.12. The van der Waals surface area contributed by atoms with Gasteiger partial charge in [0.2, 0.25) is 0 Å². The molecular formula is C19H13ClN4O2. The molecule has 0 atom stereocenters. The van der Waals surface area contributed by atoms with Crippen molar-refractivity contribution in [1.82, 2.24) is 15.2 Å². The highest BCUT2D eigenvalue weighted by atomic mass is 35.5. The number of carbonyl (C=O) groups is 1. The summed E-state index contributed by atoms with van der Waals surface area (Å²) >= 11 is 6.12. The van der Waals surface area contributed by atoms with E-state index < -0.39 is 0 Å². The number of nitrogens with one attached hydrogen (secondary N) is 1.